The second-order valence-electron chi connectivity index (χ2n) is 4.59. The van der Waals surface area contributed by atoms with Crippen molar-refractivity contribution < 1.29 is 4.79 Å². The largest absolute Gasteiger partial charge is 0.322 e. The Balaban J connectivity index is 1.88. The standard InChI is InChI=1S/C18H12N2O/c1-2-13-5-3-7-16(11-13)20-18(21)15-8-9-17-14(12-15)6-4-10-19-17/h1,3-12H,(H,20,21). The van der Waals surface area contributed by atoms with Crippen LogP contribution < -0.4 is 5.32 Å². The maximum absolute atomic E-state index is 12.3. The van der Waals surface area contributed by atoms with Crippen molar-refractivity contribution in [2.75, 3.05) is 5.32 Å². The molecule has 0 aliphatic rings. The minimum atomic E-state index is -0.171. The summed E-state index contributed by atoms with van der Waals surface area (Å²) < 4.78 is 0. The Morgan fingerprint density at radius 2 is 2.00 bits per heavy atom. The monoisotopic (exact) mass is 272 g/mol. The summed E-state index contributed by atoms with van der Waals surface area (Å²) in [6.45, 7) is 0. The lowest BCUT2D eigenvalue weighted by molar-refractivity contribution is 0.102. The molecule has 100 valence electrons. The van der Waals surface area contributed by atoms with Crippen molar-refractivity contribution in [3.8, 4) is 12.3 Å². The lowest BCUT2D eigenvalue weighted by Gasteiger charge is -2.06. The minimum absolute atomic E-state index is 0.171. The number of carbonyl (C=O) groups excluding carboxylic acids is 1. The van der Waals surface area contributed by atoms with Crippen LogP contribution in [0.1, 0.15) is 15.9 Å². The fraction of sp³-hybridized carbons (Fsp3) is 0. The van der Waals surface area contributed by atoms with E-state index in [0.29, 0.717) is 11.3 Å². The van der Waals surface area contributed by atoms with Gasteiger partial charge in [0.2, 0.25) is 0 Å². The zero-order valence-corrected chi connectivity index (χ0v) is 11.2. The molecular formula is C18H12N2O. The van der Waals surface area contributed by atoms with E-state index >= 15 is 0 Å². The molecule has 1 aromatic heterocycles. The van der Waals surface area contributed by atoms with Gasteiger partial charge in [-0.2, -0.15) is 0 Å². The summed E-state index contributed by atoms with van der Waals surface area (Å²) in [5, 5.41) is 3.78. The fourth-order valence-corrected chi connectivity index (χ4v) is 2.11. The number of rotatable bonds is 2. The van der Waals surface area contributed by atoms with Crippen LogP contribution in [0.3, 0.4) is 0 Å². The topological polar surface area (TPSA) is 42.0 Å². The van der Waals surface area contributed by atoms with Crippen molar-refractivity contribution in [1.29, 1.82) is 0 Å². The van der Waals surface area contributed by atoms with Crippen LogP contribution in [0.5, 0.6) is 0 Å². The van der Waals surface area contributed by atoms with Crippen LogP contribution in [-0.2, 0) is 0 Å². The molecule has 21 heavy (non-hydrogen) atoms. The summed E-state index contributed by atoms with van der Waals surface area (Å²) in [5.41, 5.74) is 2.86. The van der Waals surface area contributed by atoms with Gasteiger partial charge < -0.3 is 5.32 Å². The molecule has 0 aliphatic carbocycles. The maximum Gasteiger partial charge on any atom is 0.255 e. The van der Waals surface area contributed by atoms with Crippen LogP contribution >= 0.6 is 0 Å². The average Bonchev–Trinajstić information content (AvgIpc) is 2.54. The molecule has 0 unspecified atom stereocenters. The van der Waals surface area contributed by atoms with E-state index in [4.69, 9.17) is 6.42 Å². The van der Waals surface area contributed by atoms with Crippen molar-refractivity contribution >= 4 is 22.5 Å². The van der Waals surface area contributed by atoms with Crippen LogP contribution in [0.25, 0.3) is 10.9 Å². The molecule has 0 aliphatic heterocycles. The molecule has 0 radical (unpaired) electrons. The number of aromatic nitrogens is 1. The van der Waals surface area contributed by atoms with Gasteiger partial charge in [0.1, 0.15) is 0 Å². The van der Waals surface area contributed by atoms with E-state index in [1.54, 1.807) is 24.4 Å². The van der Waals surface area contributed by atoms with Crippen LogP contribution in [0.15, 0.2) is 60.8 Å². The average molecular weight is 272 g/mol. The summed E-state index contributed by atoms with van der Waals surface area (Å²) in [6.07, 6.45) is 7.08. The molecule has 0 bridgehead atoms. The van der Waals surface area contributed by atoms with E-state index in [2.05, 4.69) is 16.2 Å². The van der Waals surface area contributed by atoms with Gasteiger partial charge in [-0.1, -0.05) is 18.1 Å². The third kappa shape index (κ3) is 2.75. The summed E-state index contributed by atoms with van der Waals surface area (Å²) >= 11 is 0. The molecule has 1 N–H and O–H groups in total. The number of nitrogens with zero attached hydrogens (tertiary/aromatic N) is 1. The normalized spacial score (nSPS) is 10.0. The first-order valence-electron chi connectivity index (χ1n) is 6.49. The highest BCUT2D eigenvalue weighted by Crippen LogP contribution is 2.16. The summed E-state index contributed by atoms with van der Waals surface area (Å²) in [5.74, 6) is 2.37. The molecule has 1 heterocycles. The third-order valence-electron chi connectivity index (χ3n) is 3.15. The number of terminal acetylenes is 1. The first-order chi connectivity index (χ1) is 10.3. The SMILES string of the molecule is C#Cc1cccc(NC(=O)c2ccc3ncccc3c2)c1. The zero-order valence-electron chi connectivity index (χ0n) is 11.2. The van der Waals surface area contributed by atoms with Gasteiger partial charge in [-0.15, -0.1) is 6.42 Å². The number of benzene rings is 2. The molecular weight excluding hydrogens is 260 g/mol. The van der Waals surface area contributed by atoms with Crippen LogP contribution in [0.2, 0.25) is 0 Å². The van der Waals surface area contributed by atoms with Crippen molar-refractivity contribution in [2.24, 2.45) is 0 Å². The van der Waals surface area contributed by atoms with E-state index in [-0.39, 0.29) is 5.91 Å². The quantitative estimate of drug-likeness (QED) is 0.726. The fourth-order valence-electron chi connectivity index (χ4n) is 2.11. The Bertz CT molecular complexity index is 862. The van der Waals surface area contributed by atoms with Crippen LogP contribution in [0, 0.1) is 12.3 Å². The van der Waals surface area contributed by atoms with Crippen molar-refractivity contribution in [3.05, 3.63) is 71.9 Å². The number of nitrogens with one attached hydrogen (secondary N) is 1. The first-order valence-corrected chi connectivity index (χ1v) is 6.49. The minimum Gasteiger partial charge on any atom is -0.322 e. The number of amides is 1. The number of fused-ring (bicyclic) bond motifs is 1. The van der Waals surface area contributed by atoms with Gasteiger partial charge in [-0.25, -0.2) is 0 Å². The second-order valence-corrected chi connectivity index (χ2v) is 4.59. The van der Waals surface area contributed by atoms with Gasteiger partial charge in [-0.05, 0) is 42.5 Å². The molecule has 0 saturated carbocycles. The lowest BCUT2D eigenvalue weighted by Crippen LogP contribution is -2.11. The predicted octanol–water partition coefficient (Wildman–Crippen LogP) is 3.47. The van der Waals surface area contributed by atoms with Gasteiger partial charge in [0, 0.05) is 28.4 Å². The Labute approximate surface area is 122 Å². The van der Waals surface area contributed by atoms with E-state index in [1.165, 1.54) is 0 Å². The van der Waals surface area contributed by atoms with Gasteiger partial charge >= 0.3 is 0 Å². The molecule has 3 nitrogen and oxygen atoms in total. The van der Waals surface area contributed by atoms with E-state index in [1.807, 2.05) is 36.4 Å². The number of carbonyl (C=O) groups is 1. The molecule has 0 saturated heterocycles. The van der Waals surface area contributed by atoms with Gasteiger partial charge in [0.15, 0.2) is 0 Å². The maximum atomic E-state index is 12.3. The molecule has 3 heteroatoms. The summed E-state index contributed by atoms with van der Waals surface area (Å²) in [6, 6.07) is 16.4. The molecule has 0 spiro atoms. The third-order valence-corrected chi connectivity index (χ3v) is 3.15. The Morgan fingerprint density at radius 3 is 2.86 bits per heavy atom. The molecule has 2 aromatic carbocycles. The molecule has 1 amide bonds. The van der Waals surface area contributed by atoms with Gasteiger partial charge in [-0.3, -0.25) is 9.78 Å². The summed E-state index contributed by atoms with van der Waals surface area (Å²) in [7, 11) is 0. The van der Waals surface area contributed by atoms with Gasteiger partial charge in [0.05, 0.1) is 5.52 Å². The van der Waals surface area contributed by atoms with Crippen LogP contribution in [-0.4, -0.2) is 10.9 Å². The highest BCUT2D eigenvalue weighted by molar-refractivity contribution is 6.06. The van der Waals surface area contributed by atoms with Crippen LogP contribution in [0.4, 0.5) is 5.69 Å². The molecule has 3 rings (SSSR count). The Kier molecular flexibility index (Phi) is 3.36. The smallest absolute Gasteiger partial charge is 0.255 e. The first kappa shape index (κ1) is 12.9. The Hall–Kier alpha value is -3.12. The highest BCUT2D eigenvalue weighted by Gasteiger charge is 2.07. The Morgan fingerprint density at radius 1 is 1.10 bits per heavy atom. The number of hydrogen-bond acceptors (Lipinski definition) is 2. The van der Waals surface area contributed by atoms with E-state index in [0.717, 1.165) is 16.5 Å². The molecule has 3 aromatic rings. The lowest BCUT2D eigenvalue weighted by atomic mass is 10.1. The van der Waals surface area contributed by atoms with Crippen molar-refractivity contribution in [2.45, 2.75) is 0 Å². The summed E-state index contributed by atoms with van der Waals surface area (Å²) in [4.78, 5) is 16.5. The number of anilines is 1. The number of hydrogen-bond donors (Lipinski definition) is 1. The van der Waals surface area contributed by atoms with Gasteiger partial charge in [0.25, 0.3) is 5.91 Å². The predicted molar refractivity (Wildman–Crippen MR) is 84.1 cm³/mol. The molecule has 0 fully saturated rings. The molecule has 0 atom stereocenters. The van der Waals surface area contributed by atoms with E-state index < -0.39 is 0 Å². The van der Waals surface area contributed by atoms with Crippen molar-refractivity contribution in [1.82, 2.24) is 4.98 Å². The van der Waals surface area contributed by atoms with E-state index in [9.17, 15) is 4.79 Å². The van der Waals surface area contributed by atoms with Crippen molar-refractivity contribution in [3.63, 3.8) is 0 Å². The second kappa shape index (κ2) is 5.48. The zero-order chi connectivity index (χ0) is 14.7. The number of pyridine rings is 1. The highest BCUT2D eigenvalue weighted by atomic mass is 16.1.